The minimum absolute atomic E-state index is 0.199. The Morgan fingerprint density at radius 1 is 1.37 bits per heavy atom. The molecule has 1 fully saturated rings. The van der Waals surface area contributed by atoms with E-state index in [1.165, 1.54) is 0 Å². The van der Waals surface area contributed by atoms with E-state index in [1.54, 1.807) is 0 Å². The molecule has 0 bridgehead atoms. The number of hydrogen-bond donors (Lipinski definition) is 1. The molecule has 0 saturated carbocycles. The zero-order chi connectivity index (χ0) is 14.5. The maximum atomic E-state index is 6.35. The number of alkyl halides is 1. The second kappa shape index (κ2) is 7.82. The van der Waals surface area contributed by atoms with E-state index in [-0.39, 0.29) is 5.38 Å². The van der Waals surface area contributed by atoms with Crippen molar-refractivity contribution in [1.29, 1.82) is 0 Å². The minimum Gasteiger partial charge on any atom is -0.374 e. The normalized spacial score (nSPS) is 23.8. The summed E-state index contributed by atoms with van der Waals surface area (Å²) in [4.78, 5) is 2.48. The number of nitrogens with zero attached hydrogens (tertiary/aromatic N) is 1. The zero-order valence-electron chi connectivity index (χ0n) is 13.2. The third kappa shape index (κ3) is 7.50. The van der Waals surface area contributed by atoms with E-state index in [4.69, 9.17) is 16.3 Å². The summed E-state index contributed by atoms with van der Waals surface area (Å²) in [5.74, 6) is 0. The summed E-state index contributed by atoms with van der Waals surface area (Å²) < 4.78 is 5.79. The first-order valence-corrected chi connectivity index (χ1v) is 7.92. The van der Waals surface area contributed by atoms with E-state index >= 15 is 0 Å². The Labute approximate surface area is 124 Å². The lowest BCUT2D eigenvalue weighted by molar-refractivity contribution is -0.0370. The van der Waals surface area contributed by atoms with Crippen molar-refractivity contribution in [3.63, 3.8) is 0 Å². The molecule has 1 N–H and O–H groups in total. The number of halogens is 1. The fraction of sp³-hybridized carbons (Fsp3) is 1.00. The highest BCUT2D eigenvalue weighted by atomic mass is 35.5. The predicted molar refractivity (Wildman–Crippen MR) is 83.0 cm³/mol. The molecule has 1 heterocycles. The summed E-state index contributed by atoms with van der Waals surface area (Å²) >= 11 is 6.35. The fourth-order valence-corrected chi connectivity index (χ4v) is 3.04. The molecular formula is C15H31ClN2O. The quantitative estimate of drug-likeness (QED) is 0.761. The van der Waals surface area contributed by atoms with Gasteiger partial charge in [0.25, 0.3) is 0 Å². The van der Waals surface area contributed by atoms with E-state index in [2.05, 4.69) is 44.8 Å². The summed E-state index contributed by atoms with van der Waals surface area (Å²) in [5.41, 5.74) is 0.296. The standard InChI is InChI=1S/C15H31ClN2O/c1-12(2)18-6-7-19-14(11-18)10-17-9-13(16)8-15(3,4)5/h12-14,17H,6-11H2,1-5H3. The van der Waals surface area contributed by atoms with Gasteiger partial charge in [0.2, 0.25) is 0 Å². The third-order valence-electron chi connectivity index (χ3n) is 3.47. The predicted octanol–water partition coefficient (Wildman–Crippen LogP) is 2.73. The van der Waals surface area contributed by atoms with Crippen molar-refractivity contribution in [3.8, 4) is 0 Å². The minimum atomic E-state index is 0.199. The van der Waals surface area contributed by atoms with E-state index in [0.29, 0.717) is 17.6 Å². The van der Waals surface area contributed by atoms with Crippen LogP contribution in [-0.2, 0) is 4.74 Å². The Bertz CT molecular complexity index is 253. The van der Waals surface area contributed by atoms with Gasteiger partial charge >= 0.3 is 0 Å². The molecule has 2 atom stereocenters. The summed E-state index contributed by atoms with van der Waals surface area (Å²) in [7, 11) is 0. The number of ether oxygens (including phenoxy) is 1. The molecule has 3 nitrogen and oxygen atoms in total. The Hall–Kier alpha value is 0.170. The Kier molecular flexibility index (Phi) is 7.09. The lowest BCUT2D eigenvalue weighted by atomic mass is 9.90. The third-order valence-corrected chi connectivity index (χ3v) is 3.78. The first-order valence-electron chi connectivity index (χ1n) is 7.48. The number of hydrogen-bond acceptors (Lipinski definition) is 3. The Morgan fingerprint density at radius 3 is 2.63 bits per heavy atom. The van der Waals surface area contributed by atoms with Crippen molar-refractivity contribution in [2.75, 3.05) is 32.8 Å². The number of rotatable bonds is 6. The largest absolute Gasteiger partial charge is 0.374 e. The molecular weight excluding hydrogens is 260 g/mol. The van der Waals surface area contributed by atoms with E-state index < -0.39 is 0 Å². The molecule has 0 amide bonds. The van der Waals surface area contributed by atoms with E-state index in [9.17, 15) is 0 Å². The maximum Gasteiger partial charge on any atom is 0.0826 e. The van der Waals surface area contributed by atoms with Crippen molar-refractivity contribution in [2.45, 2.75) is 58.6 Å². The molecule has 0 aliphatic carbocycles. The van der Waals surface area contributed by atoms with Gasteiger partial charge in [-0.3, -0.25) is 4.90 Å². The highest BCUT2D eigenvalue weighted by molar-refractivity contribution is 6.20. The van der Waals surface area contributed by atoms with Crippen LogP contribution in [0.2, 0.25) is 0 Å². The molecule has 2 unspecified atom stereocenters. The van der Waals surface area contributed by atoms with Gasteiger partial charge in [-0.1, -0.05) is 20.8 Å². The van der Waals surface area contributed by atoms with Crippen LogP contribution < -0.4 is 5.32 Å². The van der Waals surface area contributed by atoms with Crippen LogP contribution in [0, 0.1) is 5.41 Å². The molecule has 1 saturated heterocycles. The molecule has 114 valence electrons. The molecule has 0 aromatic rings. The Morgan fingerprint density at radius 2 is 2.05 bits per heavy atom. The van der Waals surface area contributed by atoms with E-state index in [0.717, 1.165) is 39.2 Å². The molecule has 0 spiro atoms. The summed E-state index contributed by atoms with van der Waals surface area (Å²) in [6.45, 7) is 15.9. The topological polar surface area (TPSA) is 24.5 Å². The molecule has 1 rings (SSSR count). The highest BCUT2D eigenvalue weighted by Crippen LogP contribution is 2.23. The summed E-state index contributed by atoms with van der Waals surface area (Å²) in [5, 5.41) is 3.65. The van der Waals surface area contributed by atoms with Crippen LogP contribution in [0.25, 0.3) is 0 Å². The van der Waals surface area contributed by atoms with Crippen LogP contribution in [0.15, 0.2) is 0 Å². The molecule has 19 heavy (non-hydrogen) atoms. The monoisotopic (exact) mass is 290 g/mol. The van der Waals surface area contributed by atoms with Crippen LogP contribution in [0.1, 0.15) is 41.0 Å². The number of nitrogens with one attached hydrogen (secondary N) is 1. The summed E-state index contributed by atoms with van der Waals surface area (Å²) in [6, 6.07) is 0.605. The lowest BCUT2D eigenvalue weighted by Gasteiger charge is -2.35. The van der Waals surface area contributed by atoms with Gasteiger partial charge in [0.15, 0.2) is 0 Å². The van der Waals surface area contributed by atoms with Gasteiger partial charge in [-0.15, -0.1) is 11.6 Å². The van der Waals surface area contributed by atoms with Gasteiger partial charge in [0.05, 0.1) is 12.7 Å². The van der Waals surface area contributed by atoms with Gasteiger partial charge in [0, 0.05) is 37.6 Å². The van der Waals surface area contributed by atoms with Gasteiger partial charge in [-0.25, -0.2) is 0 Å². The average Bonchev–Trinajstić information content (AvgIpc) is 2.27. The first kappa shape index (κ1) is 17.2. The second-order valence-corrected chi connectivity index (χ2v) is 7.72. The zero-order valence-corrected chi connectivity index (χ0v) is 14.0. The van der Waals surface area contributed by atoms with Crippen molar-refractivity contribution in [1.82, 2.24) is 10.2 Å². The average molecular weight is 291 g/mol. The van der Waals surface area contributed by atoms with Crippen molar-refractivity contribution >= 4 is 11.6 Å². The first-order chi connectivity index (χ1) is 8.78. The highest BCUT2D eigenvalue weighted by Gasteiger charge is 2.22. The molecule has 1 aliphatic rings. The van der Waals surface area contributed by atoms with Crippen LogP contribution in [0.4, 0.5) is 0 Å². The molecule has 0 aromatic heterocycles. The maximum absolute atomic E-state index is 6.35. The van der Waals surface area contributed by atoms with Crippen LogP contribution in [0.5, 0.6) is 0 Å². The Balaban J connectivity index is 2.18. The van der Waals surface area contributed by atoms with Crippen molar-refractivity contribution < 1.29 is 4.74 Å². The van der Waals surface area contributed by atoms with Gasteiger partial charge in [-0.2, -0.15) is 0 Å². The molecule has 0 radical (unpaired) electrons. The molecule has 0 aromatic carbocycles. The van der Waals surface area contributed by atoms with Crippen molar-refractivity contribution in [3.05, 3.63) is 0 Å². The molecule has 4 heteroatoms. The van der Waals surface area contributed by atoms with Gasteiger partial charge < -0.3 is 10.1 Å². The van der Waals surface area contributed by atoms with E-state index in [1.807, 2.05) is 0 Å². The molecule has 1 aliphatic heterocycles. The lowest BCUT2D eigenvalue weighted by Crippen LogP contribution is -2.49. The van der Waals surface area contributed by atoms with Gasteiger partial charge in [-0.05, 0) is 25.7 Å². The second-order valence-electron chi connectivity index (χ2n) is 7.10. The van der Waals surface area contributed by atoms with Crippen LogP contribution in [0.3, 0.4) is 0 Å². The van der Waals surface area contributed by atoms with Crippen LogP contribution in [-0.4, -0.2) is 55.2 Å². The SMILES string of the molecule is CC(C)N1CCOC(CNCC(Cl)CC(C)(C)C)C1. The smallest absolute Gasteiger partial charge is 0.0826 e. The van der Waals surface area contributed by atoms with Crippen molar-refractivity contribution in [2.24, 2.45) is 5.41 Å². The fourth-order valence-electron chi connectivity index (χ4n) is 2.47. The summed E-state index contributed by atoms with van der Waals surface area (Å²) in [6.07, 6.45) is 1.33. The van der Waals surface area contributed by atoms with Gasteiger partial charge in [0.1, 0.15) is 0 Å². The van der Waals surface area contributed by atoms with Crippen LogP contribution >= 0.6 is 11.6 Å². The number of morpholine rings is 1.